The zero-order valence-corrected chi connectivity index (χ0v) is 22.1. The minimum Gasteiger partial charge on any atom is -0.374 e. The first-order valence-electron chi connectivity index (χ1n) is 11.3. The number of amides is 2. The number of allylic oxidation sites excluding steroid dienone is 2. The fourth-order valence-corrected chi connectivity index (χ4v) is 6.88. The molecule has 2 aliphatic heterocycles. The Morgan fingerprint density at radius 1 is 1.17 bits per heavy atom. The molecule has 0 bridgehead atoms. The first kappa shape index (κ1) is 23.7. The highest BCUT2D eigenvalue weighted by molar-refractivity contribution is 7.18. The number of hydrogen-bond donors (Lipinski definition) is 1. The van der Waals surface area contributed by atoms with Crippen LogP contribution in [0.15, 0.2) is 35.7 Å². The van der Waals surface area contributed by atoms with Gasteiger partial charge >= 0.3 is 5.00 Å². The maximum atomic E-state index is 13.7. The van der Waals surface area contributed by atoms with Crippen molar-refractivity contribution in [2.24, 2.45) is 10.8 Å². The number of nitro groups is 1. The third-order valence-electron chi connectivity index (χ3n) is 7.60. The Labute approximate surface area is 211 Å². The zero-order valence-electron chi connectivity index (χ0n) is 20.5. The van der Waals surface area contributed by atoms with Crippen molar-refractivity contribution in [1.82, 2.24) is 14.8 Å². The summed E-state index contributed by atoms with van der Waals surface area (Å²) in [4.78, 5) is 46.5. The average Bonchev–Trinajstić information content (AvgIpc) is 3.43. The molecule has 0 fully saturated rings. The minimum absolute atomic E-state index is 0.0850. The molecule has 0 radical (unpaired) electrons. The average molecular weight is 514 g/mol. The molecular formula is C24H27N5O4S2. The van der Waals surface area contributed by atoms with Gasteiger partial charge in [-0.05, 0) is 25.3 Å². The highest BCUT2D eigenvalue weighted by Crippen LogP contribution is 2.58. The van der Waals surface area contributed by atoms with Crippen LogP contribution in [-0.4, -0.2) is 51.7 Å². The quantitative estimate of drug-likeness (QED) is 0.357. The fourth-order valence-electron chi connectivity index (χ4n) is 5.14. The maximum Gasteiger partial charge on any atom is 0.324 e. The fraction of sp³-hybridized carbons (Fsp3) is 0.458. The number of carbonyl (C=O) groups is 2. The van der Waals surface area contributed by atoms with E-state index in [0.717, 1.165) is 40.6 Å². The van der Waals surface area contributed by atoms with E-state index in [2.05, 4.69) is 64.0 Å². The molecule has 3 aliphatic rings. The molecule has 5 rings (SSSR count). The number of carbonyl (C=O) groups excluding carboxylic acids is 2. The normalized spacial score (nSPS) is 25.5. The van der Waals surface area contributed by atoms with Crippen LogP contribution in [0.3, 0.4) is 0 Å². The lowest BCUT2D eigenvalue weighted by Gasteiger charge is -2.56. The molecule has 35 heavy (non-hydrogen) atoms. The van der Waals surface area contributed by atoms with Gasteiger partial charge < -0.3 is 9.80 Å². The van der Waals surface area contributed by atoms with E-state index in [-0.39, 0.29) is 26.6 Å². The van der Waals surface area contributed by atoms with Crippen LogP contribution in [0, 0.1) is 20.9 Å². The van der Waals surface area contributed by atoms with E-state index in [9.17, 15) is 19.7 Å². The van der Waals surface area contributed by atoms with Crippen molar-refractivity contribution >= 4 is 44.6 Å². The number of hydrogen-bond acceptors (Lipinski definition) is 8. The molecule has 2 amide bonds. The Morgan fingerprint density at radius 3 is 2.51 bits per heavy atom. The smallest absolute Gasteiger partial charge is 0.324 e. The van der Waals surface area contributed by atoms with Crippen molar-refractivity contribution in [3.8, 4) is 0 Å². The highest BCUT2D eigenvalue weighted by atomic mass is 32.1. The Kier molecular flexibility index (Phi) is 5.06. The van der Waals surface area contributed by atoms with Crippen LogP contribution in [0.1, 0.15) is 59.7 Å². The SMILES string of the molecule is CN1CCN2C(=O)c3sc(NC(=O)c4ccc([N+](=O)[O-])s4)nc3C3(C)C=CC(C)(C(C)(C)C)C1=C23. The summed E-state index contributed by atoms with van der Waals surface area (Å²) in [5.74, 6) is -0.585. The summed E-state index contributed by atoms with van der Waals surface area (Å²) in [6.07, 6.45) is 4.40. The zero-order chi connectivity index (χ0) is 25.5. The third-order valence-corrected chi connectivity index (χ3v) is 9.60. The summed E-state index contributed by atoms with van der Waals surface area (Å²) >= 11 is 1.95. The Bertz CT molecular complexity index is 1350. The standard InChI is InChI=1S/C24H27N5O4S2/c1-22(2,3)24(5)10-9-23(4)16-15(20(31)28-12-11-27(6)18(24)17(23)28)35-21(25-16)26-19(30)13-7-8-14(34-13)29(32)33/h7-10H,11-12H2,1-6H3,(H,25,26,30). The lowest BCUT2D eigenvalue weighted by atomic mass is 9.58. The van der Waals surface area contributed by atoms with Gasteiger partial charge in [0.25, 0.3) is 11.8 Å². The summed E-state index contributed by atoms with van der Waals surface area (Å²) in [6.45, 7) is 12.2. The molecule has 0 saturated heterocycles. The molecule has 0 aromatic carbocycles. The van der Waals surface area contributed by atoms with Gasteiger partial charge in [0, 0.05) is 37.3 Å². The second-order valence-corrected chi connectivity index (χ2v) is 12.7. The molecule has 1 N–H and O–H groups in total. The summed E-state index contributed by atoms with van der Waals surface area (Å²) in [5.41, 5.74) is 1.72. The van der Waals surface area contributed by atoms with Crippen LogP contribution in [0.4, 0.5) is 10.1 Å². The van der Waals surface area contributed by atoms with E-state index >= 15 is 0 Å². The van der Waals surface area contributed by atoms with Crippen molar-refractivity contribution in [2.45, 2.75) is 40.0 Å². The number of thiazole rings is 1. The summed E-state index contributed by atoms with van der Waals surface area (Å²) in [5, 5.41) is 13.9. The number of thiophene rings is 1. The molecule has 2 aromatic heterocycles. The van der Waals surface area contributed by atoms with Crippen LogP contribution in [0.25, 0.3) is 0 Å². The molecule has 9 nitrogen and oxygen atoms in total. The largest absolute Gasteiger partial charge is 0.374 e. The second kappa shape index (κ2) is 7.47. The summed E-state index contributed by atoms with van der Waals surface area (Å²) in [6, 6.07) is 2.72. The van der Waals surface area contributed by atoms with Crippen molar-refractivity contribution in [3.05, 3.63) is 61.2 Å². The van der Waals surface area contributed by atoms with Crippen LogP contribution in [0.5, 0.6) is 0 Å². The summed E-state index contributed by atoms with van der Waals surface area (Å²) in [7, 11) is 2.08. The Morgan fingerprint density at radius 2 is 1.89 bits per heavy atom. The van der Waals surface area contributed by atoms with Gasteiger partial charge in [0.15, 0.2) is 5.13 Å². The number of anilines is 1. The van der Waals surface area contributed by atoms with Crippen LogP contribution in [-0.2, 0) is 5.41 Å². The predicted molar refractivity (Wildman–Crippen MR) is 136 cm³/mol. The van der Waals surface area contributed by atoms with Gasteiger partial charge in [0.2, 0.25) is 0 Å². The van der Waals surface area contributed by atoms with Gasteiger partial charge in [0.05, 0.1) is 26.6 Å². The van der Waals surface area contributed by atoms with Crippen molar-refractivity contribution in [3.63, 3.8) is 0 Å². The molecule has 0 spiro atoms. The molecule has 11 heteroatoms. The minimum atomic E-state index is -0.626. The van der Waals surface area contributed by atoms with Crippen molar-refractivity contribution in [1.29, 1.82) is 0 Å². The first-order chi connectivity index (χ1) is 16.3. The molecule has 2 aromatic rings. The molecule has 4 heterocycles. The van der Waals surface area contributed by atoms with Gasteiger partial charge in [-0.2, -0.15) is 0 Å². The van der Waals surface area contributed by atoms with E-state index in [1.807, 2.05) is 4.90 Å². The van der Waals surface area contributed by atoms with Gasteiger partial charge in [-0.15, -0.1) is 0 Å². The number of fused-ring (bicyclic) bond motifs is 2. The Hall–Kier alpha value is -3.05. The lowest BCUT2D eigenvalue weighted by molar-refractivity contribution is -0.380. The van der Waals surface area contributed by atoms with Crippen molar-refractivity contribution < 1.29 is 14.5 Å². The van der Waals surface area contributed by atoms with E-state index in [1.165, 1.54) is 12.1 Å². The van der Waals surface area contributed by atoms with E-state index < -0.39 is 16.2 Å². The van der Waals surface area contributed by atoms with E-state index in [1.54, 1.807) is 0 Å². The number of rotatable bonds is 3. The third kappa shape index (κ3) is 3.28. The topological polar surface area (TPSA) is 109 Å². The predicted octanol–water partition coefficient (Wildman–Crippen LogP) is 4.86. The van der Waals surface area contributed by atoms with Crippen LogP contribution < -0.4 is 5.32 Å². The molecule has 0 saturated carbocycles. The lowest BCUT2D eigenvalue weighted by Crippen LogP contribution is -2.57. The van der Waals surface area contributed by atoms with Gasteiger partial charge in [0.1, 0.15) is 4.88 Å². The number of nitrogens with zero attached hydrogens (tertiary/aromatic N) is 4. The van der Waals surface area contributed by atoms with E-state index in [4.69, 9.17) is 4.98 Å². The molecule has 1 aliphatic carbocycles. The number of likely N-dealkylation sites (N-methyl/N-ethyl adjacent to an activating group) is 1. The highest BCUT2D eigenvalue weighted by Gasteiger charge is 2.56. The molecule has 2 atom stereocenters. The molecule has 2 unspecified atom stereocenters. The van der Waals surface area contributed by atoms with Gasteiger partial charge in [-0.1, -0.05) is 55.6 Å². The van der Waals surface area contributed by atoms with Crippen molar-refractivity contribution in [2.75, 3.05) is 25.5 Å². The number of nitrogens with one attached hydrogen (secondary N) is 1. The van der Waals surface area contributed by atoms with Gasteiger partial charge in [-0.25, -0.2) is 4.98 Å². The Balaban J connectivity index is 1.59. The first-order valence-corrected chi connectivity index (χ1v) is 13.0. The van der Waals surface area contributed by atoms with E-state index in [0.29, 0.717) is 22.2 Å². The summed E-state index contributed by atoms with van der Waals surface area (Å²) < 4.78 is 0. The molecule has 184 valence electrons. The number of aromatic nitrogens is 1. The second-order valence-electron chi connectivity index (χ2n) is 10.6. The van der Waals surface area contributed by atoms with Crippen LogP contribution in [0.2, 0.25) is 0 Å². The van der Waals surface area contributed by atoms with Gasteiger partial charge in [-0.3, -0.25) is 25.0 Å². The monoisotopic (exact) mass is 513 g/mol. The molecular weight excluding hydrogens is 486 g/mol. The maximum absolute atomic E-state index is 13.7. The van der Waals surface area contributed by atoms with Crippen LogP contribution >= 0.6 is 22.7 Å².